The van der Waals surface area contributed by atoms with Crippen LogP contribution in [-0.4, -0.2) is 19.8 Å². The molecule has 0 atom stereocenters. The fourth-order valence-electron chi connectivity index (χ4n) is 2.51. The van der Waals surface area contributed by atoms with E-state index >= 15 is 0 Å². The molecule has 1 aromatic carbocycles. The van der Waals surface area contributed by atoms with Gasteiger partial charge >= 0.3 is 0 Å². The Bertz CT molecular complexity index is 754. The van der Waals surface area contributed by atoms with Gasteiger partial charge in [-0.15, -0.1) is 10.2 Å². The van der Waals surface area contributed by atoms with Gasteiger partial charge in [0.2, 0.25) is 4.96 Å². The molecule has 3 aromatic rings. The number of rotatable bonds is 4. The van der Waals surface area contributed by atoms with Crippen molar-refractivity contribution in [2.24, 2.45) is 0 Å². The molecule has 2 aromatic heterocycles. The largest absolute Gasteiger partial charge is 0.378 e. The summed E-state index contributed by atoms with van der Waals surface area (Å²) >= 11 is 1.61. The summed E-state index contributed by atoms with van der Waals surface area (Å²) in [7, 11) is 0. The van der Waals surface area contributed by atoms with E-state index in [2.05, 4.69) is 51.8 Å². The highest BCUT2D eigenvalue weighted by Gasteiger charge is 2.26. The molecule has 0 bridgehead atoms. The zero-order valence-electron chi connectivity index (χ0n) is 11.9. The Balaban J connectivity index is 1.51. The molecule has 0 amide bonds. The van der Waals surface area contributed by atoms with Crippen LogP contribution < -0.4 is 5.32 Å². The highest BCUT2D eigenvalue weighted by molar-refractivity contribution is 7.16. The lowest BCUT2D eigenvalue weighted by atomic mass is 9.85. The molecule has 108 valence electrons. The maximum Gasteiger partial charge on any atom is 0.234 e. The number of hydrogen-bond acceptors (Lipinski definition) is 5. The van der Waals surface area contributed by atoms with Crippen LogP contribution in [-0.2, 0) is 6.54 Å². The van der Waals surface area contributed by atoms with Crippen molar-refractivity contribution < 1.29 is 0 Å². The molecule has 5 nitrogen and oxygen atoms in total. The van der Waals surface area contributed by atoms with Crippen LogP contribution in [0.2, 0.25) is 0 Å². The van der Waals surface area contributed by atoms with Gasteiger partial charge in [0, 0.05) is 11.6 Å². The summed E-state index contributed by atoms with van der Waals surface area (Å²) in [6.07, 6.45) is 3.73. The second-order valence-electron chi connectivity index (χ2n) is 5.60. The molecule has 4 rings (SSSR count). The minimum atomic E-state index is 0.556. The van der Waals surface area contributed by atoms with Crippen LogP contribution in [0.1, 0.15) is 41.6 Å². The molecule has 2 heterocycles. The minimum Gasteiger partial charge on any atom is -0.378 e. The first-order valence-corrected chi connectivity index (χ1v) is 8.13. The van der Waals surface area contributed by atoms with Crippen molar-refractivity contribution in [3.05, 3.63) is 40.7 Å². The standard InChI is InChI=1S/C15H17N5S/c1-10-5-7-12(8-6-10)16-9-13-19-20-14(11-3-2-4-11)17-18-15(20)21-13/h5-8,11,16H,2-4,9H2,1H3. The molecule has 1 aliphatic rings. The van der Waals surface area contributed by atoms with E-state index in [0.29, 0.717) is 5.92 Å². The highest BCUT2D eigenvalue weighted by atomic mass is 32.1. The van der Waals surface area contributed by atoms with E-state index in [9.17, 15) is 0 Å². The summed E-state index contributed by atoms with van der Waals surface area (Å²) in [5, 5.41) is 17.6. The molecule has 1 saturated carbocycles. The molecule has 0 spiro atoms. The first kappa shape index (κ1) is 12.8. The Morgan fingerprint density at radius 3 is 2.76 bits per heavy atom. The molecule has 21 heavy (non-hydrogen) atoms. The SMILES string of the molecule is Cc1ccc(NCc2nn3c(C4CCC4)nnc3s2)cc1. The van der Waals surface area contributed by atoms with Crippen molar-refractivity contribution >= 4 is 22.0 Å². The number of nitrogens with zero attached hydrogens (tertiary/aromatic N) is 4. The molecule has 1 fully saturated rings. The molecular weight excluding hydrogens is 282 g/mol. The zero-order valence-corrected chi connectivity index (χ0v) is 12.7. The monoisotopic (exact) mass is 299 g/mol. The molecule has 1 N–H and O–H groups in total. The van der Waals surface area contributed by atoms with Crippen LogP contribution in [0.5, 0.6) is 0 Å². The Kier molecular flexibility index (Phi) is 3.11. The van der Waals surface area contributed by atoms with Gasteiger partial charge in [-0.05, 0) is 31.9 Å². The third-order valence-corrected chi connectivity index (χ3v) is 4.92. The number of anilines is 1. The maximum atomic E-state index is 4.66. The molecule has 0 saturated heterocycles. The lowest BCUT2D eigenvalue weighted by Crippen LogP contribution is -2.13. The molecule has 0 radical (unpaired) electrons. The number of aromatic nitrogens is 4. The number of aryl methyl sites for hydroxylation is 1. The average Bonchev–Trinajstić information content (AvgIpc) is 2.98. The predicted molar refractivity (Wildman–Crippen MR) is 83.8 cm³/mol. The number of fused-ring (bicyclic) bond motifs is 1. The van der Waals surface area contributed by atoms with E-state index in [4.69, 9.17) is 0 Å². The van der Waals surface area contributed by atoms with Gasteiger partial charge in [-0.2, -0.15) is 9.61 Å². The van der Waals surface area contributed by atoms with Crippen molar-refractivity contribution in [2.75, 3.05) is 5.32 Å². The summed E-state index contributed by atoms with van der Waals surface area (Å²) in [6, 6.07) is 8.40. The quantitative estimate of drug-likeness (QED) is 0.802. The number of nitrogens with one attached hydrogen (secondary N) is 1. The lowest BCUT2D eigenvalue weighted by Gasteiger charge is -2.22. The van der Waals surface area contributed by atoms with Gasteiger partial charge in [0.25, 0.3) is 0 Å². The molecule has 6 heteroatoms. The van der Waals surface area contributed by atoms with E-state index in [1.807, 2.05) is 4.52 Å². The fourth-order valence-corrected chi connectivity index (χ4v) is 3.29. The van der Waals surface area contributed by atoms with Crippen molar-refractivity contribution in [1.29, 1.82) is 0 Å². The summed E-state index contributed by atoms with van der Waals surface area (Å²) in [5.74, 6) is 1.59. The van der Waals surface area contributed by atoms with E-state index in [0.717, 1.165) is 28.0 Å². The Hall–Kier alpha value is -1.95. The van der Waals surface area contributed by atoms with Gasteiger partial charge in [0.05, 0.1) is 6.54 Å². The average molecular weight is 299 g/mol. The van der Waals surface area contributed by atoms with Crippen molar-refractivity contribution in [2.45, 2.75) is 38.6 Å². The minimum absolute atomic E-state index is 0.556. The zero-order chi connectivity index (χ0) is 14.2. The van der Waals surface area contributed by atoms with E-state index in [1.54, 1.807) is 11.3 Å². The number of benzene rings is 1. The van der Waals surface area contributed by atoms with E-state index in [-0.39, 0.29) is 0 Å². The fraction of sp³-hybridized carbons (Fsp3) is 0.400. The van der Waals surface area contributed by atoms with Crippen molar-refractivity contribution in [1.82, 2.24) is 19.8 Å². The second-order valence-corrected chi connectivity index (χ2v) is 6.64. The Labute approximate surface area is 127 Å². The van der Waals surface area contributed by atoms with Crippen LogP contribution >= 0.6 is 11.3 Å². The number of hydrogen-bond donors (Lipinski definition) is 1. The summed E-state index contributed by atoms with van der Waals surface area (Å²) in [4.78, 5) is 0.901. The van der Waals surface area contributed by atoms with E-state index in [1.165, 1.54) is 24.8 Å². The topological polar surface area (TPSA) is 55.1 Å². The van der Waals surface area contributed by atoms with Crippen LogP contribution in [0, 0.1) is 6.92 Å². The van der Waals surface area contributed by atoms with Crippen molar-refractivity contribution in [3.8, 4) is 0 Å². The van der Waals surface area contributed by atoms with Crippen molar-refractivity contribution in [3.63, 3.8) is 0 Å². The maximum absolute atomic E-state index is 4.66. The predicted octanol–water partition coefficient (Wildman–Crippen LogP) is 3.37. The Morgan fingerprint density at radius 2 is 2.05 bits per heavy atom. The lowest BCUT2D eigenvalue weighted by molar-refractivity contribution is 0.395. The summed E-state index contributed by atoms with van der Waals surface area (Å²) in [5.41, 5.74) is 2.38. The Morgan fingerprint density at radius 1 is 1.24 bits per heavy atom. The smallest absolute Gasteiger partial charge is 0.234 e. The first-order chi connectivity index (χ1) is 10.3. The van der Waals surface area contributed by atoms with Gasteiger partial charge in [-0.3, -0.25) is 0 Å². The van der Waals surface area contributed by atoms with Crippen LogP contribution in [0.4, 0.5) is 5.69 Å². The van der Waals surface area contributed by atoms with Crippen LogP contribution in [0.3, 0.4) is 0 Å². The van der Waals surface area contributed by atoms with Crippen LogP contribution in [0.25, 0.3) is 4.96 Å². The first-order valence-electron chi connectivity index (χ1n) is 7.31. The third-order valence-electron chi connectivity index (χ3n) is 4.02. The normalized spacial score (nSPS) is 15.3. The summed E-state index contributed by atoms with van der Waals surface area (Å²) < 4.78 is 1.93. The summed E-state index contributed by atoms with van der Waals surface area (Å²) in [6.45, 7) is 2.82. The molecule has 1 aliphatic carbocycles. The van der Waals surface area contributed by atoms with Gasteiger partial charge in [0.1, 0.15) is 5.01 Å². The van der Waals surface area contributed by atoms with E-state index < -0.39 is 0 Å². The van der Waals surface area contributed by atoms with Gasteiger partial charge in [-0.1, -0.05) is 35.5 Å². The molecular formula is C15H17N5S. The molecule has 0 aliphatic heterocycles. The van der Waals surface area contributed by atoms with Gasteiger partial charge in [-0.25, -0.2) is 0 Å². The highest BCUT2D eigenvalue weighted by Crippen LogP contribution is 2.35. The van der Waals surface area contributed by atoms with Gasteiger partial charge in [0.15, 0.2) is 5.82 Å². The second kappa shape index (κ2) is 5.11. The van der Waals surface area contributed by atoms with Gasteiger partial charge < -0.3 is 5.32 Å². The molecule has 0 unspecified atom stereocenters. The van der Waals surface area contributed by atoms with Crippen LogP contribution in [0.15, 0.2) is 24.3 Å². The third kappa shape index (κ3) is 2.40.